The first kappa shape index (κ1) is 15.1. The quantitative estimate of drug-likeness (QED) is 0.909. The predicted molar refractivity (Wildman–Crippen MR) is 83.1 cm³/mol. The van der Waals surface area contributed by atoms with Crippen LogP contribution in [0.15, 0.2) is 18.2 Å². The molecule has 1 N–H and O–H groups in total. The van der Waals surface area contributed by atoms with Gasteiger partial charge in [-0.25, -0.2) is 0 Å². The summed E-state index contributed by atoms with van der Waals surface area (Å²) in [6, 6.07) is 5.88. The summed E-state index contributed by atoms with van der Waals surface area (Å²) in [5.74, 6) is 0. The van der Waals surface area contributed by atoms with Gasteiger partial charge in [0, 0.05) is 18.6 Å². The standard InChI is InChI=1S/C15H22Cl2N2/c1-3-15(2)11-19(9-5-8-18-15)10-12-6-4-7-13(16)14(12)17/h4,6-7,18H,3,5,8-11H2,1-2H3. The lowest BCUT2D eigenvalue weighted by atomic mass is 9.98. The van der Waals surface area contributed by atoms with Crippen molar-refractivity contribution in [3.05, 3.63) is 33.8 Å². The van der Waals surface area contributed by atoms with Gasteiger partial charge in [-0.1, -0.05) is 42.3 Å². The molecule has 1 aromatic rings. The Hall–Kier alpha value is -0.280. The number of rotatable bonds is 3. The first-order valence-electron chi connectivity index (χ1n) is 6.94. The zero-order valence-electron chi connectivity index (χ0n) is 11.7. The summed E-state index contributed by atoms with van der Waals surface area (Å²) < 4.78 is 0. The van der Waals surface area contributed by atoms with Crippen LogP contribution in [0, 0.1) is 0 Å². The molecule has 0 amide bonds. The maximum Gasteiger partial charge on any atom is 0.0637 e. The van der Waals surface area contributed by atoms with E-state index in [1.54, 1.807) is 0 Å². The number of nitrogens with zero attached hydrogens (tertiary/aromatic N) is 1. The highest BCUT2D eigenvalue weighted by molar-refractivity contribution is 6.42. The van der Waals surface area contributed by atoms with Gasteiger partial charge in [-0.2, -0.15) is 0 Å². The third kappa shape index (κ3) is 3.85. The third-order valence-electron chi connectivity index (χ3n) is 3.98. The van der Waals surface area contributed by atoms with Gasteiger partial charge in [-0.05, 0) is 44.5 Å². The van der Waals surface area contributed by atoms with Crippen LogP contribution in [-0.2, 0) is 6.54 Å². The first-order chi connectivity index (χ1) is 9.04. The fraction of sp³-hybridized carbons (Fsp3) is 0.600. The summed E-state index contributed by atoms with van der Waals surface area (Å²) >= 11 is 12.4. The van der Waals surface area contributed by atoms with Crippen LogP contribution in [0.25, 0.3) is 0 Å². The maximum atomic E-state index is 6.28. The molecule has 106 valence electrons. The molecule has 1 fully saturated rings. The highest BCUT2D eigenvalue weighted by Crippen LogP contribution is 2.27. The molecule has 1 saturated heterocycles. The molecule has 0 spiro atoms. The van der Waals surface area contributed by atoms with E-state index in [1.165, 1.54) is 6.42 Å². The smallest absolute Gasteiger partial charge is 0.0637 e. The SMILES string of the molecule is CCC1(C)CN(Cc2cccc(Cl)c2Cl)CCCN1. The van der Waals surface area contributed by atoms with E-state index in [0.29, 0.717) is 10.0 Å². The molecule has 1 aliphatic rings. The molecule has 0 aliphatic carbocycles. The Kier molecular flexibility index (Phi) is 5.13. The van der Waals surface area contributed by atoms with Gasteiger partial charge in [0.05, 0.1) is 10.0 Å². The Morgan fingerprint density at radius 2 is 2.16 bits per heavy atom. The Labute approximate surface area is 126 Å². The van der Waals surface area contributed by atoms with Gasteiger partial charge in [0.1, 0.15) is 0 Å². The molecule has 1 heterocycles. The lowest BCUT2D eigenvalue weighted by Crippen LogP contribution is -2.48. The van der Waals surface area contributed by atoms with E-state index >= 15 is 0 Å². The Morgan fingerprint density at radius 3 is 2.89 bits per heavy atom. The van der Waals surface area contributed by atoms with Crippen molar-refractivity contribution in [2.45, 2.75) is 38.8 Å². The van der Waals surface area contributed by atoms with E-state index in [1.807, 2.05) is 12.1 Å². The molecule has 0 aromatic heterocycles. The van der Waals surface area contributed by atoms with E-state index in [-0.39, 0.29) is 5.54 Å². The van der Waals surface area contributed by atoms with Crippen molar-refractivity contribution in [2.75, 3.05) is 19.6 Å². The van der Waals surface area contributed by atoms with Gasteiger partial charge >= 0.3 is 0 Å². The molecular formula is C15H22Cl2N2. The second-order valence-electron chi connectivity index (χ2n) is 5.62. The van der Waals surface area contributed by atoms with Crippen LogP contribution in [0.1, 0.15) is 32.3 Å². The van der Waals surface area contributed by atoms with Crippen molar-refractivity contribution in [1.82, 2.24) is 10.2 Å². The summed E-state index contributed by atoms with van der Waals surface area (Å²) in [6.45, 7) is 8.65. The summed E-state index contributed by atoms with van der Waals surface area (Å²) in [5, 5.41) is 4.99. The van der Waals surface area contributed by atoms with E-state index in [9.17, 15) is 0 Å². The molecule has 19 heavy (non-hydrogen) atoms. The monoisotopic (exact) mass is 300 g/mol. The molecule has 2 rings (SSSR count). The lowest BCUT2D eigenvalue weighted by molar-refractivity contribution is 0.208. The van der Waals surface area contributed by atoms with Crippen LogP contribution in [0.3, 0.4) is 0 Å². The number of benzene rings is 1. The zero-order valence-corrected chi connectivity index (χ0v) is 13.2. The number of halogens is 2. The fourth-order valence-corrected chi connectivity index (χ4v) is 2.98. The van der Waals surface area contributed by atoms with Crippen LogP contribution in [0.4, 0.5) is 0 Å². The van der Waals surface area contributed by atoms with E-state index < -0.39 is 0 Å². The molecule has 1 atom stereocenters. The fourth-order valence-electron chi connectivity index (χ4n) is 2.60. The first-order valence-corrected chi connectivity index (χ1v) is 7.70. The van der Waals surface area contributed by atoms with Crippen LogP contribution >= 0.6 is 23.2 Å². The summed E-state index contributed by atoms with van der Waals surface area (Å²) in [7, 11) is 0. The Morgan fingerprint density at radius 1 is 1.37 bits per heavy atom. The minimum absolute atomic E-state index is 0.196. The molecule has 1 aliphatic heterocycles. The predicted octanol–water partition coefficient (Wildman–Crippen LogP) is 3.96. The molecule has 1 aromatic carbocycles. The lowest BCUT2D eigenvalue weighted by Gasteiger charge is -2.32. The van der Waals surface area contributed by atoms with Crippen molar-refractivity contribution in [3.8, 4) is 0 Å². The van der Waals surface area contributed by atoms with E-state index in [2.05, 4.69) is 30.1 Å². The second kappa shape index (κ2) is 6.45. The largest absolute Gasteiger partial charge is 0.310 e. The van der Waals surface area contributed by atoms with Gasteiger partial charge in [0.2, 0.25) is 0 Å². The van der Waals surface area contributed by atoms with Crippen LogP contribution in [-0.4, -0.2) is 30.1 Å². The van der Waals surface area contributed by atoms with Gasteiger partial charge in [0.25, 0.3) is 0 Å². The van der Waals surface area contributed by atoms with Gasteiger partial charge in [0.15, 0.2) is 0 Å². The van der Waals surface area contributed by atoms with Crippen molar-refractivity contribution < 1.29 is 0 Å². The average molecular weight is 301 g/mol. The summed E-state index contributed by atoms with van der Waals surface area (Å²) in [4.78, 5) is 2.47. The normalized spacial score (nSPS) is 25.3. The zero-order chi connectivity index (χ0) is 13.9. The van der Waals surface area contributed by atoms with E-state index in [0.717, 1.165) is 38.2 Å². The number of hydrogen-bond acceptors (Lipinski definition) is 2. The Balaban J connectivity index is 2.11. The third-order valence-corrected chi connectivity index (χ3v) is 4.84. The van der Waals surface area contributed by atoms with Crippen molar-refractivity contribution >= 4 is 23.2 Å². The minimum atomic E-state index is 0.196. The highest BCUT2D eigenvalue weighted by Gasteiger charge is 2.27. The molecule has 0 radical (unpaired) electrons. The number of nitrogens with one attached hydrogen (secondary N) is 1. The number of hydrogen-bond donors (Lipinski definition) is 1. The average Bonchev–Trinajstić information content (AvgIpc) is 2.58. The maximum absolute atomic E-state index is 6.28. The topological polar surface area (TPSA) is 15.3 Å². The van der Waals surface area contributed by atoms with Gasteiger partial charge in [-0.15, -0.1) is 0 Å². The van der Waals surface area contributed by atoms with Crippen molar-refractivity contribution in [2.24, 2.45) is 0 Å². The summed E-state index contributed by atoms with van der Waals surface area (Å²) in [6.07, 6.45) is 2.31. The molecule has 0 saturated carbocycles. The molecule has 1 unspecified atom stereocenters. The summed E-state index contributed by atoms with van der Waals surface area (Å²) in [5.41, 5.74) is 1.32. The molecule has 2 nitrogen and oxygen atoms in total. The van der Waals surface area contributed by atoms with Crippen molar-refractivity contribution in [3.63, 3.8) is 0 Å². The highest BCUT2D eigenvalue weighted by atomic mass is 35.5. The van der Waals surface area contributed by atoms with Crippen LogP contribution in [0.2, 0.25) is 10.0 Å². The van der Waals surface area contributed by atoms with Crippen LogP contribution in [0.5, 0.6) is 0 Å². The van der Waals surface area contributed by atoms with Crippen molar-refractivity contribution in [1.29, 1.82) is 0 Å². The van der Waals surface area contributed by atoms with E-state index in [4.69, 9.17) is 23.2 Å². The minimum Gasteiger partial charge on any atom is -0.310 e. The molecule has 0 bridgehead atoms. The van der Waals surface area contributed by atoms with Gasteiger partial charge < -0.3 is 5.32 Å². The Bertz CT molecular complexity index is 436. The van der Waals surface area contributed by atoms with Gasteiger partial charge in [-0.3, -0.25) is 4.90 Å². The molecular weight excluding hydrogens is 279 g/mol. The second-order valence-corrected chi connectivity index (χ2v) is 6.40. The molecule has 4 heteroatoms. The van der Waals surface area contributed by atoms with Crippen LogP contribution < -0.4 is 5.32 Å².